The normalized spacial score (nSPS) is 17.9. The zero-order chi connectivity index (χ0) is 13.2. The van der Waals surface area contributed by atoms with E-state index in [1.54, 1.807) is 11.8 Å². The summed E-state index contributed by atoms with van der Waals surface area (Å²) in [5.74, 6) is 0. The summed E-state index contributed by atoms with van der Waals surface area (Å²) in [4.78, 5) is 0.146. The van der Waals surface area contributed by atoms with Crippen molar-refractivity contribution < 1.29 is 13.5 Å². The van der Waals surface area contributed by atoms with Crippen LogP contribution in [0.1, 0.15) is 12.8 Å². The third-order valence-electron chi connectivity index (χ3n) is 3.07. The van der Waals surface area contributed by atoms with Gasteiger partial charge in [-0.2, -0.15) is 16.9 Å². The molecule has 1 aliphatic rings. The second-order valence-corrected chi connectivity index (χ2v) is 7.42. The van der Waals surface area contributed by atoms with E-state index >= 15 is 0 Å². The molecule has 0 amide bonds. The number of aromatic nitrogens is 2. The van der Waals surface area contributed by atoms with Crippen LogP contribution in [0.2, 0.25) is 0 Å². The maximum absolute atomic E-state index is 12.0. The molecule has 0 saturated heterocycles. The van der Waals surface area contributed by atoms with Gasteiger partial charge in [-0.15, -0.1) is 0 Å². The Morgan fingerprint density at radius 1 is 1.61 bits per heavy atom. The van der Waals surface area contributed by atoms with Gasteiger partial charge in [0.1, 0.15) is 4.90 Å². The highest BCUT2D eigenvalue weighted by atomic mass is 32.2. The number of thioether (sulfide) groups is 1. The van der Waals surface area contributed by atoms with Gasteiger partial charge in [0.15, 0.2) is 0 Å². The summed E-state index contributed by atoms with van der Waals surface area (Å²) < 4.78 is 28.1. The van der Waals surface area contributed by atoms with Gasteiger partial charge in [0.05, 0.1) is 19.3 Å². The van der Waals surface area contributed by atoms with E-state index in [9.17, 15) is 8.42 Å². The lowest BCUT2D eigenvalue weighted by molar-refractivity contribution is 0.269. The summed E-state index contributed by atoms with van der Waals surface area (Å²) in [6.07, 6.45) is 6.84. The highest BCUT2D eigenvalue weighted by molar-refractivity contribution is 8.00. The second kappa shape index (κ2) is 5.20. The average Bonchev–Trinajstić information content (AvgIpc) is 2.98. The molecule has 0 unspecified atom stereocenters. The topological polar surface area (TPSA) is 84.2 Å². The highest BCUT2D eigenvalue weighted by Gasteiger charge is 2.42. The zero-order valence-corrected chi connectivity index (χ0v) is 11.8. The number of hydrogen-bond acceptors (Lipinski definition) is 5. The Balaban J connectivity index is 2.01. The van der Waals surface area contributed by atoms with Gasteiger partial charge in [-0.25, -0.2) is 13.1 Å². The molecule has 8 heteroatoms. The van der Waals surface area contributed by atoms with Crippen molar-refractivity contribution in [3.8, 4) is 0 Å². The molecule has 18 heavy (non-hydrogen) atoms. The number of hydrogen-bond donors (Lipinski definition) is 2. The maximum Gasteiger partial charge on any atom is 0.243 e. The Morgan fingerprint density at radius 3 is 2.89 bits per heavy atom. The Kier molecular flexibility index (Phi) is 4.00. The van der Waals surface area contributed by atoms with Crippen LogP contribution in [-0.4, -0.2) is 47.5 Å². The summed E-state index contributed by atoms with van der Waals surface area (Å²) in [6.45, 7) is 0.691. The zero-order valence-electron chi connectivity index (χ0n) is 10.2. The predicted octanol–water partition coefficient (Wildman–Crippen LogP) is 0.0493. The van der Waals surface area contributed by atoms with Gasteiger partial charge in [0.2, 0.25) is 10.0 Å². The van der Waals surface area contributed by atoms with Gasteiger partial charge in [-0.3, -0.25) is 4.68 Å². The summed E-state index contributed by atoms with van der Waals surface area (Å²) >= 11 is 1.71. The maximum atomic E-state index is 12.0. The van der Waals surface area contributed by atoms with Crippen LogP contribution in [0.3, 0.4) is 0 Å². The van der Waals surface area contributed by atoms with E-state index in [0.717, 1.165) is 12.8 Å². The van der Waals surface area contributed by atoms with Crippen LogP contribution in [-0.2, 0) is 16.6 Å². The fourth-order valence-corrected chi connectivity index (χ4v) is 3.51. The van der Waals surface area contributed by atoms with Crippen molar-refractivity contribution >= 4 is 21.8 Å². The van der Waals surface area contributed by atoms with E-state index in [1.165, 1.54) is 17.1 Å². The predicted molar refractivity (Wildman–Crippen MR) is 70.0 cm³/mol. The summed E-state index contributed by atoms with van der Waals surface area (Å²) in [7, 11) is -3.49. The van der Waals surface area contributed by atoms with E-state index in [-0.39, 0.29) is 16.2 Å². The van der Waals surface area contributed by atoms with Crippen LogP contribution in [0, 0.1) is 0 Å². The summed E-state index contributed by atoms with van der Waals surface area (Å²) in [6, 6.07) is 0. The molecule has 1 fully saturated rings. The molecule has 0 aliphatic heterocycles. The summed E-state index contributed by atoms with van der Waals surface area (Å²) in [5.41, 5.74) is 0. The van der Waals surface area contributed by atoms with Crippen LogP contribution in [0.15, 0.2) is 17.3 Å². The van der Waals surface area contributed by atoms with Gasteiger partial charge < -0.3 is 5.11 Å². The molecule has 1 aromatic rings. The fraction of sp³-hybridized carbons (Fsp3) is 0.700. The Bertz CT molecular complexity index is 508. The van der Waals surface area contributed by atoms with Crippen molar-refractivity contribution in [1.82, 2.24) is 14.5 Å². The SMILES string of the molecule is CSC1(CNS(=O)(=O)c2cnn(CCO)c2)CC1. The third kappa shape index (κ3) is 3.05. The molecule has 6 nitrogen and oxygen atoms in total. The van der Waals surface area contributed by atoms with E-state index in [2.05, 4.69) is 9.82 Å². The van der Waals surface area contributed by atoms with Gasteiger partial charge in [-0.1, -0.05) is 0 Å². The Hall–Kier alpha value is -0.570. The number of nitrogens with zero attached hydrogens (tertiary/aromatic N) is 2. The number of sulfonamides is 1. The molecule has 1 aliphatic carbocycles. The van der Waals surface area contributed by atoms with Gasteiger partial charge in [0.25, 0.3) is 0 Å². The molecule has 102 valence electrons. The first-order valence-electron chi connectivity index (χ1n) is 5.69. The second-order valence-electron chi connectivity index (χ2n) is 4.37. The lowest BCUT2D eigenvalue weighted by Gasteiger charge is -2.12. The minimum Gasteiger partial charge on any atom is -0.394 e. The molecular weight excluding hydrogens is 274 g/mol. The molecule has 0 bridgehead atoms. The summed E-state index contributed by atoms with van der Waals surface area (Å²) in [5, 5.41) is 12.6. The molecule has 1 aromatic heterocycles. The van der Waals surface area contributed by atoms with Crippen LogP contribution in [0.25, 0.3) is 0 Å². The molecule has 2 N–H and O–H groups in total. The van der Waals surface area contributed by atoms with Crippen molar-refractivity contribution in [2.75, 3.05) is 19.4 Å². The van der Waals surface area contributed by atoms with Crippen molar-refractivity contribution in [2.45, 2.75) is 29.0 Å². The Morgan fingerprint density at radius 2 is 2.33 bits per heavy atom. The quantitative estimate of drug-likeness (QED) is 0.741. The fourth-order valence-electron chi connectivity index (χ4n) is 1.61. The molecule has 0 spiro atoms. The van der Waals surface area contributed by atoms with Gasteiger partial charge >= 0.3 is 0 Å². The van der Waals surface area contributed by atoms with Gasteiger partial charge in [0, 0.05) is 17.5 Å². The highest BCUT2D eigenvalue weighted by Crippen LogP contribution is 2.46. The smallest absolute Gasteiger partial charge is 0.243 e. The van der Waals surface area contributed by atoms with E-state index in [1.807, 2.05) is 6.26 Å². The largest absolute Gasteiger partial charge is 0.394 e. The van der Waals surface area contributed by atoms with Crippen molar-refractivity contribution in [3.05, 3.63) is 12.4 Å². The third-order valence-corrected chi connectivity index (χ3v) is 5.85. The van der Waals surface area contributed by atoms with E-state index in [0.29, 0.717) is 13.1 Å². The number of nitrogens with one attached hydrogen (secondary N) is 1. The molecule has 1 heterocycles. The minimum atomic E-state index is -3.49. The Labute approximate surface area is 111 Å². The van der Waals surface area contributed by atoms with Crippen molar-refractivity contribution in [2.24, 2.45) is 0 Å². The average molecular weight is 291 g/mol. The van der Waals surface area contributed by atoms with Crippen LogP contribution in [0.4, 0.5) is 0 Å². The number of aliphatic hydroxyl groups is 1. The van der Waals surface area contributed by atoms with Crippen molar-refractivity contribution in [3.63, 3.8) is 0 Å². The first kappa shape index (κ1) is 13.9. The lowest BCUT2D eigenvalue weighted by Crippen LogP contribution is -2.31. The van der Waals surface area contributed by atoms with E-state index < -0.39 is 10.0 Å². The van der Waals surface area contributed by atoms with Gasteiger partial charge in [-0.05, 0) is 19.1 Å². The molecule has 0 radical (unpaired) electrons. The monoisotopic (exact) mass is 291 g/mol. The number of rotatable bonds is 7. The van der Waals surface area contributed by atoms with Crippen LogP contribution < -0.4 is 4.72 Å². The molecule has 0 aromatic carbocycles. The molecular formula is C10H17N3O3S2. The van der Waals surface area contributed by atoms with Crippen molar-refractivity contribution in [1.29, 1.82) is 0 Å². The van der Waals surface area contributed by atoms with Crippen LogP contribution >= 0.6 is 11.8 Å². The van der Waals surface area contributed by atoms with E-state index in [4.69, 9.17) is 5.11 Å². The molecule has 2 rings (SSSR count). The lowest BCUT2D eigenvalue weighted by atomic mass is 10.4. The minimum absolute atomic E-state index is 0.0653. The first-order valence-corrected chi connectivity index (χ1v) is 8.40. The first-order chi connectivity index (χ1) is 8.51. The molecule has 0 atom stereocenters. The molecule has 1 saturated carbocycles. The number of aliphatic hydroxyl groups excluding tert-OH is 1. The van der Waals surface area contributed by atoms with Crippen LogP contribution in [0.5, 0.6) is 0 Å². The standard InChI is InChI=1S/C10H17N3O3S2/c1-17-10(2-3-10)8-12-18(15,16)9-6-11-13(7-9)4-5-14/h6-7,12,14H,2-5,8H2,1H3.